The number of aliphatic hydroxyl groups is 2. The number of aliphatic hydroxyl groups excluding tert-OH is 2. The van der Waals surface area contributed by atoms with Crippen LogP contribution >= 0.6 is 0 Å². The van der Waals surface area contributed by atoms with Gasteiger partial charge in [0.05, 0.1) is 18.0 Å². The van der Waals surface area contributed by atoms with Crippen molar-refractivity contribution in [1.82, 2.24) is 4.98 Å². The highest BCUT2D eigenvalue weighted by Gasteiger charge is 2.12. The zero-order chi connectivity index (χ0) is 12.3. The second kappa shape index (κ2) is 5.03. The van der Waals surface area contributed by atoms with Gasteiger partial charge in [-0.25, -0.2) is 4.39 Å². The lowest BCUT2D eigenvalue weighted by Gasteiger charge is -2.11. The van der Waals surface area contributed by atoms with Crippen LogP contribution in [0.25, 0.3) is 0 Å². The van der Waals surface area contributed by atoms with E-state index in [9.17, 15) is 9.50 Å². The Hall–Kier alpha value is -1.78. The minimum atomic E-state index is -0.915. The molecule has 2 aromatic rings. The summed E-state index contributed by atoms with van der Waals surface area (Å²) in [6, 6.07) is 10.6. The Labute approximate surface area is 98.2 Å². The van der Waals surface area contributed by atoms with Gasteiger partial charge in [0, 0.05) is 0 Å². The lowest BCUT2D eigenvalue weighted by molar-refractivity contribution is 0.213. The minimum absolute atomic E-state index is 0.177. The van der Waals surface area contributed by atoms with Gasteiger partial charge in [-0.15, -0.1) is 0 Å². The van der Waals surface area contributed by atoms with Crippen LogP contribution in [0.2, 0.25) is 0 Å². The molecule has 0 aliphatic rings. The van der Waals surface area contributed by atoms with E-state index in [0.29, 0.717) is 17.0 Å². The van der Waals surface area contributed by atoms with E-state index in [4.69, 9.17) is 5.11 Å². The van der Waals surface area contributed by atoms with E-state index in [2.05, 4.69) is 4.98 Å². The lowest BCUT2D eigenvalue weighted by Crippen LogP contribution is -2.04. The molecule has 2 rings (SSSR count). The first kappa shape index (κ1) is 11.7. The zero-order valence-corrected chi connectivity index (χ0v) is 9.05. The first-order chi connectivity index (χ1) is 8.20. The van der Waals surface area contributed by atoms with Crippen molar-refractivity contribution in [3.63, 3.8) is 0 Å². The SMILES string of the molecule is OCc1cccc(C(O)c2ccc(F)cc2)n1. The Balaban J connectivity index is 2.29. The van der Waals surface area contributed by atoms with Crippen LogP contribution in [-0.2, 0) is 6.61 Å². The van der Waals surface area contributed by atoms with Crippen molar-refractivity contribution in [3.8, 4) is 0 Å². The van der Waals surface area contributed by atoms with Crippen LogP contribution in [0.1, 0.15) is 23.1 Å². The Morgan fingerprint density at radius 2 is 1.82 bits per heavy atom. The third-order valence-electron chi connectivity index (χ3n) is 2.46. The fourth-order valence-corrected chi connectivity index (χ4v) is 1.55. The highest BCUT2D eigenvalue weighted by molar-refractivity contribution is 5.26. The molecule has 0 saturated carbocycles. The van der Waals surface area contributed by atoms with E-state index in [1.807, 2.05) is 0 Å². The van der Waals surface area contributed by atoms with Gasteiger partial charge in [0.15, 0.2) is 0 Å². The van der Waals surface area contributed by atoms with Crippen LogP contribution in [-0.4, -0.2) is 15.2 Å². The van der Waals surface area contributed by atoms with Gasteiger partial charge in [-0.1, -0.05) is 18.2 Å². The lowest BCUT2D eigenvalue weighted by atomic mass is 10.1. The number of hydrogen-bond acceptors (Lipinski definition) is 3. The molecule has 1 aromatic carbocycles. The summed E-state index contributed by atoms with van der Waals surface area (Å²) in [5.74, 6) is -0.349. The molecule has 0 bridgehead atoms. The predicted molar refractivity (Wildman–Crippen MR) is 60.6 cm³/mol. The average Bonchev–Trinajstić information content (AvgIpc) is 2.39. The van der Waals surface area contributed by atoms with E-state index in [0.717, 1.165) is 0 Å². The number of hydrogen-bond donors (Lipinski definition) is 2. The molecule has 2 N–H and O–H groups in total. The Morgan fingerprint density at radius 1 is 1.12 bits per heavy atom. The molecule has 0 amide bonds. The third-order valence-corrected chi connectivity index (χ3v) is 2.46. The Kier molecular flexibility index (Phi) is 3.46. The van der Waals surface area contributed by atoms with E-state index >= 15 is 0 Å². The Bertz CT molecular complexity index is 499. The third kappa shape index (κ3) is 2.67. The second-order valence-corrected chi connectivity index (χ2v) is 3.67. The van der Waals surface area contributed by atoms with E-state index in [-0.39, 0.29) is 12.4 Å². The maximum Gasteiger partial charge on any atom is 0.123 e. The van der Waals surface area contributed by atoms with Gasteiger partial charge in [0.1, 0.15) is 11.9 Å². The molecular formula is C13H12FNO2. The van der Waals surface area contributed by atoms with Gasteiger partial charge in [0.25, 0.3) is 0 Å². The maximum absolute atomic E-state index is 12.7. The van der Waals surface area contributed by atoms with Crippen LogP contribution in [0.4, 0.5) is 4.39 Å². The van der Waals surface area contributed by atoms with Crippen LogP contribution in [0.3, 0.4) is 0 Å². The van der Waals surface area contributed by atoms with Gasteiger partial charge in [-0.3, -0.25) is 4.98 Å². The summed E-state index contributed by atoms with van der Waals surface area (Å²) < 4.78 is 12.7. The molecule has 0 spiro atoms. The molecule has 0 radical (unpaired) electrons. The highest BCUT2D eigenvalue weighted by atomic mass is 19.1. The topological polar surface area (TPSA) is 53.4 Å². The van der Waals surface area contributed by atoms with Crippen molar-refractivity contribution >= 4 is 0 Å². The Morgan fingerprint density at radius 3 is 2.47 bits per heavy atom. The van der Waals surface area contributed by atoms with Crippen molar-refractivity contribution in [2.75, 3.05) is 0 Å². The van der Waals surface area contributed by atoms with E-state index in [1.165, 1.54) is 24.3 Å². The largest absolute Gasteiger partial charge is 0.390 e. The summed E-state index contributed by atoms with van der Waals surface area (Å²) in [6.45, 7) is -0.177. The standard InChI is InChI=1S/C13H12FNO2/c14-10-6-4-9(5-7-10)13(17)12-3-1-2-11(8-16)15-12/h1-7,13,16-17H,8H2. The zero-order valence-electron chi connectivity index (χ0n) is 9.05. The van der Waals surface area contributed by atoms with Crippen LogP contribution in [0, 0.1) is 5.82 Å². The molecule has 0 aliphatic heterocycles. The smallest absolute Gasteiger partial charge is 0.123 e. The van der Waals surface area contributed by atoms with Crippen LogP contribution in [0.5, 0.6) is 0 Å². The normalized spacial score (nSPS) is 12.4. The van der Waals surface area contributed by atoms with Gasteiger partial charge >= 0.3 is 0 Å². The van der Waals surface area contributed by atoms with E-state index < -0.39 is 6.10 Å². The van der Waals surface area contributed by atoms with Gasteiger partial charge in [-0.05, 0) is 29.8 Å². The fourth-order valence-electron chi connectivity index (χ4n) is 1.55. The molecular weight excluding hydrogens is 221 g/mol. The van der Waals surface area contributed by atoms with Crippen molar-refractivity contribution in [1.29, 1.82) is 0 Å². The number of aromatic nitrogens is 1. The monoisotopic (exact) mass is 233 g/mol. The van der Waals surface area contributed by atoms with Gasteiger partial charge in [0.2, 0.25) is 0 Å². The maximum atomic E-state index is 12.7. The molecule has 17 heavy (non-hydrogen) atoms. The first-order valence-electron chi connectivity index (χ1n) is 5.21. The number of pyridine rings is 1. The molecule has 3 nitrogen and oxygen atoms in total. The summed E-state index contributed by atoms with van der Waals surface area (Å²) >= 11 is 0. The highest BCUT2D eigenvalue weighted by Crippen LogP contribution is 2.20. The molecule has 0 fully saturated rings. The number of benzene rings is 1. The first-order valence-corrected chi connectivity index (χ1v) is 5.21. The van der Waals surface area contributed by atoms with Crippen molar-refractivity contribution in [3.05, 3.63) is 65.2 Å². The summed E-state index contributed by atoms with van der Waals surface area (Å²) in [6.07, 6.45) is -0.915. The minimum Gasteiger partial charge on any atom is -0.390 e. The number of halogens is 1. The summed E-state index contributed by atoms with van der Waals surface area (Å²) in [5.41, 5.74) is 1.49. The predicted octanol–water partition coefficient (Wildman–Crippen LogP) is 1.79. The summed E-state index contributed by atoms with van der Waals surface area (Å²) in [5, 5.41) is 19.0. The molecule has 88 valence electrons. The molecule has 0 saturated heterocycles. The van der Waals surface area contributed by atoms with Crippen molar-refractivity contribution < 1.29 is 14.6 Å². The van der Waals surface area contributed by atoms with Crippen molar-refractivity contribution in [2.45, 2.75) is 12.7 Å². The molecule has 1 atom stereocenters. The second-order valence-electron chi connectivity index (χ2n) is 3.67. The molecule has 4 heteroatoms. The average molecular weight is 233 g/mol. The van der Waals surface area contributed by atoms with E-state index in [1.54, 1.807) is 18.2 Å². The molecule has 0 aliphatic carbocycles. The van der Waals surface area contributed by atoms with Crippen LogP contribution in [0.15, 0.2) is 42.5 Å². The molecule has 1 heterocycles. The number of rotatable bonds is 3. The van der Waals surface area contributed by atoms with Crippen LogP contribution < -0.4 is 0 Å². The summed E-state index contributed by atoms with van der Waals surface area (Å²) in [4.78, 5) is 4.10. The van der Waals surface area contributed by atoms with Gasteiger partial charge < -0.3 is 10.2 Å². The fraction of sp³-hybridized carbons (Fsp3) is 0.154. The molecule has 1 aromatic heterocycles. The van der Waals surface area contributed by atoms with Gasteiger partial charge in [-0.2, -0.15) is 0 Å². The number of nitrogens with zero attached hydrogens (tertiary/aromatic N) is 1. The quantitative estimate of drug-likeness (QED) is 0.849. The van der Waals surface area contributed by atoms with Crippen molar-refractivity contribution in [2.24, 2.45) is 0 Å². The molecule has 1 unspecified atom stereocenters. The summed E-state index contributed by atoms with van der Waals surface area (Å²) in [7, 11) is 0.